The quantitative estimate of drug-likeness (QED) is 0.402. The van der Waals surface area contributed by atoms with Gasteiger partial charge in [0.25, 0.3) is 5.65 Å². The maximum absolute atomic E-state index is 4.85. The van der Waals surface area contributed by atoms with E-state index >= 15 is 0 Å². The van der Waals surface area contributed by atoms with Crippen molar-refractivity contribution in [3.05, 3.63) is 60.4 Å². The highest BCUT2D eigenvalue weighted by Crippen LogP contribution is 2.27. The van der Waals surface area contributed by atoms with Crippen molar-refractivity contribution >= 4 is 33.4 Å². The zero-order valence-electron chi connectivity index (χ0n) is 12.5. The molecule has 0 N–H and O–H groups in total. The first-order chi connectivity index (χ1) is 10.8. The molecule has 0 atom stereocenters. The summed E-state index contributed by atoms with van der Waals surface area (Å²) in [5, 5.41) is 1.27. The van der Waals surface area contributed by atoms with Crippen LogP contribution in [0.15, 0.2) is 54.9 Å². The first-order valence-corrected chi connectivity index (χ1v) is 7.41. The van der Waals surface area contributed by atoms with Crippen molar-refractivity contribution in [3.63, 3.8) is 0 Å². The Bertz CT molecular complexity index is 1190. The summed E-state index contributed by atoms with van der Waals surface area (Å²) < 4.78 is 6.59. The largest absolute Gasteiger partial charge is 0.312 e. The summed E-state index contributed by atoms with van der Waals surface area (Å²) in [7, 11) is 2.08. The molecule has 0 aliphatic heterocycles. The summed E-state index contributed by atoms with van der Waals surface area (Å²) in [6, 6.07) is 14.8. The standard InChI is InChI=1S/C18H15N4/c1-12-6-5-9-15-16(12)17-20(2)10-11-21(17)18-19-13-7-3-4-8-14(13)22(15)18/h3-11H,1-2H3/q+1. The number of hydrogen-bond donors (Lipinski definition) is 0. The van der Waals surface area contributed by atoms with Crippen LogP contribution in [0, 0.1) is 6.92 Å². The minimum atomic E-state index is 0.954. The number of rotatable bonds is 0. The van der Waals surface area contributed by atoms with Crippen molar-refractivity contribution < 1.29 is 4.57 Å². The highest BCUT2D eigenvalue weighted by Gasteiger charge is 2.21. The van der Waals surface area contributed by atoms with E-state index in [1.54, 1.807) is 0 Å². The lowest BCUT2D eigenvalue weighted by Gasteiger charge is -2.05. The fourth-order valence-electron chi connectivity index (χ4n) is 3.48. The van der Waals surface area contributed by atoms with E-state index in [1.165, 1.54) is 22.1 Å². The van der Waals surface area contributed by atoms with Crippen LogP contribution in [0.1, 0.15) is 5.56 Å². The Morgan fingerprint density at radius 2 is 1.82 bits per heavy atom. The van der Waals surface area contributed by atoms with Gasteiger partial charge in [-0.1, -0.05) is 24.3 Å². The molecule has 0 aliphatic rings. The molecule has 106 valence electrons. The second-order valence-corrected chi connectivity index (χ2v) is 5.81. The molecule has 0 unspecified atom stereocenters. The molecule has 5 aromatic rings. The monoisotopic (exact) mass is 287 g/mol. The second kappa shape index (κ2) is 3.85. The van der Waals surface area contributed by atoms with Crippen molar-refractivity contribution in [3.8, 4) is 0 Å². The average Bonchev–Trinajstić information content (AvgIpc) is 3.09. The van der Waals surface area contributed by atoms with E-state index < -0.39 is 0 Å². The van der Waals surface area contributed by atoms with Crippen molar-refractivity contribution in [2.45, 2.75) is 6.92 Å². The Kier molecular flexibility index (Phi) is 2.06. The Labute approximate surface area is 126 Å². The summed E-state index contributed by atoms with van der Waals surface area (Å²) >= 11 is 0. The summed E-state index contributed by atoms with van der Waals surface area (Å²) in [6.07, 6.45) is 4.17. The summed E-state index contributed by atoms with van der Waals surface area (Å²) in [5.41, 5.74) is 5.82. The van der Waals surface area contributed by atoms with Gasteiger partial charge in [-0.05, 0) is 30.7 Å². The molecular formula is C18H15N4+. The summed E-state index contributed by atoms with van der Waals surface area (Å²) in [5.74, 6) is 0.954. The fraction of sp³-hybridized carbons (Fsp3) is 0.111. The van der Waals surface area contributed by atoms with Gasteiger partial charge in [-0.3, -0.25) is 4.40 Å². The number of imidazole rings is 2. The Morgan fingerprint density at radius 1 is 1.00 bits per heavy atom. The van der Waals surface area contributed by atoms with E-state index in [9.17, 15) is 0 Å². The number of fused-ring (bicyclic) bond motifs is 8. The predicted molar refractivity (Wildman–Crippen MR) is 87.1 cm³/mol. The van der Waals surface area contributed by atoms with E-state index in [1.807, 2.05) is 6.07 Å². The molecule has 3 aromatic heterocycles. The molecule has 0 saturated carbocycles. The van der Waals surface area contributed by atoms with E-state index in [-0.39, 0.29) is 0 Å². The molecule has 2 aromatic carbocycles. The van der Waals surface area contributed by atoms with Gasteiger partial charge in [0.2, 0.25) is 0 Å². The molecule has 0 amide bonds. The maximum atomic E-state index is 4.85. The fourth-order valence-corrected chi connectivity index (χ4v) is 3.48. The lowest BCUT2D eigenvalue weighted by atomic mass is 10.1. The third-order valence-electron chi connectivity index (χ3n) is 4.48. The molecule has 4 nitrogen and oxygen atoms in total. The van der Waals surface area contributed by atoms with Gasteiger partial charge in [0, 0.05) is 0 Å². The molecule has 0 saturated heterocycles. The normalized spacial score (nSPS) is 12.1. The van der Waals surface area contributed by atoms with Gasteiger partial charge in [-0.25, -0.2) is 4.57 Å². The number of aryl methyl sites for hydroxylation is 2. The van der Waals surface area contributed by atoms with Crippen LogP contribution in [-0.4, -0.2) is 13.8 Å². The molecule has 0 spiro atoms. The summed E-state index contributed by atoms with van der Waals surface area (Å²) in [6.45, 7) is 2.17. The topological polar surface area (TPSA) is 25.6 Å². The number of hydrogen-bond acceptors (Lipinski definition) is 1. The molecule has 4 heteroatoms. The van der Waals surface area contributed by atoms with Crippen LogP contribution in [0.3, 0.4) is 0 Å². The van der Waals surface area contributed by atoms with Crippen LogP contribution in [0.5, 0.6) is 0 Å². The number of benzene rings is 2. The lowest BCUT2D eigenvalue weighted by molar-refractivity contribution is -0.643. The highest BCUT2D eigenvalue weighted by molar-refractivity contribution is 5.98. The van der Waals surface area contributed by atoms with E-state index in [0.717, 1.165) is 16.8 Å². The minimum Gasteiger partial charge on any atom is -0.258 e. The number of aromatic nitrogens is 4. The smallest absolute Gasteiger partial charge is 0.258 e. The SMILES string of the molecule is Cc1cccc2c1c1n(cc[n+]1C)c1nc3ccccc3n21. The van der Waals surface area contributed by atoms with Gasteiger partial charge in [0.15, 0.2) is 0 Å². The number of para-hydroxylation sites is 2. The van der Waals surface area contributed by atoms with Crippen LogP contribution in [0.2, 0.25) is 0 Å². The predicted octanol–water partition coefficient (Wildman–Crippen LogP) is 3.03. The van der Waals surface area contributed by atoms with Gasteiger partial charge >= 0.3 is 5.78 Å². The third-order valence-corrected chi connectivity index (χ3v) is 4.48. The maximum Gasteiger partial charge on any atom is 0.312 e. The molecule has 22 heavy (non-hydrogen) atoms. The van der Waals surface area contributed by atoms with Crippen LogP contribution in [0.25, 0.3) is 33.4 Å². The molecule has 0 radical (unpaired) electrons. The summed E-state index contributed by atoms with van der Waals surface area (Å²) in [4.78, 5) is 4.85. The molecule has 3 heterocycles. The molecular weight excluding hydrogens is 272 g/mol. The zero-order chi connectivity index (χ0) is 14.8. The Balaban J connectivity index is 2.27. The molecule has 0 aliphatic carbocycles. The van der Waals surface area contributed by atoms with Gasteiger partial charge in [0.05, 0.1) is 29.0 Å². The first kappa shape index (κ1) is 11.7. The average molecular weight is 287 g/mol. The number of nitrogens with zero attached hydrogens (tertiary/aromatic N) is 4. The third kappa shape index (κ3) is 1.27. The highest BCUT2D eigenvalue weighted by atomic mass is 15.2. The van der Waals surface area contributed by atoms with Crippen molar-refractivity contribution in [1.29, 1.82) is 0 Å². The Morgan fingerprint density at radius 3 is 2.73 bits per heavy atom. The van der Waals surface area contributed by atoms with Crippen molar-refractivity contribution in [1.82, 2.24) is 13.8 Å². The molecule has 5 rings (SSSR count). The van der Waals surface area contributed by atoms with Gasteiger partial charge in [-0.2, -0.15) is 9.38 Å². The van der Waals surface area contributed by atoms with E-state index in [2.05, 4.69) is 76.1 Å². The van der Waals surface area contributed by atoms with E-state index in [4.69, 9.17) is 4.98 Å². The minimum absolute atomic E-state index is 0.954. The van der Waals surface area contributed by atoms with Crippen LogP contribution in [-0.2, 0) is 7.05 Å². The van der Waals surface area contributed by atoms with Gasteiger partial charge in [0.1, 0.15) is 12.4 Å². The Hall–Kier alpha value is -2.88. The molecule has 0 bridgehead atoms. The van der Waals surface area contributed by atoms with Crippen LogP contribution in [0.4, 0.5) is 0 Å². The van der Waals surface area contributed by atoms with Crippen molar-refractivity contribution in [2.75, 3.05) is 0 Å². The first-order valence-electron chi connectivity index (χ1n) is 7.41. The van der Waals surface area contributed by atoms with Crippen molar-refractivity contribution in [2.24, 2.45) is 7.05 Å². The lowest BCUT2D eigenvalue weighted by Crippen LogP contribution is -2.26. The van der Waals surface area contributed by atoms with E-state index in [0.29, 0.717) is 0 Å². The molecule has 0 fully saturated rings. The van der Waals surface area contributed by atoms with Crippen LogP contribution >= 0.6 is 0 Å². The van der Waals surface area contributed by atoms with Gasteiger partial charge < -0.3 is 0 Å². The zero-order valence-corrected chi connectivity index (χ0v) is 12.5. The second-order valence-electron chi connectivity index (χ2n) is 5.81. The van der Waals surface area contributed by atoms with Crippen LogP contribution < -0.4 is 4.57 Å². The van der Waals surface area contributed by atoms with Gasteiger partial charge in [-0.15, -0.1) is 0 Å².